The highest BCUT2D eigenvalue weighted by Gasteiger charge is 2.15. The third-order valence-corrected chi connectivity index (χ3v) is 4.18. The van der Waals surface area contributed by atoms with Crippen molar-refractivity contribution in [3.05, 3.63) is 16.6 Å². The minimum Gasteiger partial charge on any atom is -0.479 e. The van der Waals surface area contributed by atoms with E-state index in [0.717, 1.165) is 21.0 Å². The maximum atomic E-state index is 5.77. The third kappa shape index (κ3) is 1.72. The number of nitrogen functional groups attached to an aromatic ring is 1. The van der Waals surface area contributed by atoms with Crippen molar-refractivity contribution in [3.8, 4) is 17.1 Å². The van der Waals surface area contributed by atoms with Gasteiger partial charge in [-0.3, -0.25) is 0 Å². The number of rotatable bonds is 2. The summed E-state index contributed by atoms with van der Waals surface area (Å²) in [4.78, 5) is 13.0. The summed E-state index contributed by atoms with van der Waals surface area (Å²) in [5, 5.41) is 3.53. The molecular formula is C11H10N4OS2. The second kappa shape index (κ2) is 4.18. The first kappa shape index (κ1) is 11.4. The Kier molecular flexibility index (Phi) is 2.64. The summed E-state index contributed by atoms with van der Waals surface area (Å²) in [5.41, 5.74) is 8.32. The van der Waals surface area contributed by atoms with E-state index in [-0.39, 0.29) is 0 Å². The molecule has 2 N–H and O–H groups in total. The van der Waals surface area contributed by atoms with E-state index in [4.69, 9.17) is 10.5 Å². The molecule has 3 aromatic heterocycles. The third-order valence-electron chi connectivity index (χ3n) is 2.49. The van der Waals surface area contributed by atoms with E-state index in [9.17, 15) is 0 Å². The smallest absolute Gasteiger partial charge is 0.241 e. The van der Waals surface area contributed by atoms with Crippen LogP contribution in [0.5, 0.6) is 5.88 Å². The van der Waals surface area contributed by atoms with Gasteiger partial charge in [-0.1, -0.05) is 11.3 Å². The van der Waals surface area contributed by atoms with Crippen LogP contribution >= 0.6 is 22.7 Å². The first-order valence-electron chi connectivity index (χ1n) is 5.20. The van der Waals surface area contributed by atoms with Gasteiger partial charge in [0.05, 0.1) is 22.5 Å². The van der Waals surface area contributed by atoms with Gasteiger partial charge < -0.3 is 10.5 Å². The van der Waals surface area contributed by atoms with E-state index in [1.54, 1.807) is 24.6 Å². The van der Waals surface area contributed by atoms with Gasteiger partial charge in [0.1, 0.15) is 5.52 Å². The molecule has 0 amide bonds. The average Bonchev–Trinajstić information content (AvgIpc) is 2.93. The number of anilines is 1. The van der Waals surface area contributed by atoms with Gasteiger partial charge in [0.2, 0.25) is 5.88 Å². The molecule has 0 saturated heterocycles. The van der Waals surface area contributed by atoms with Crippen molar-refractivity contribution in [1.82, 2.24) is 15.0 Å². The summed E-state index contributed by atoms with van der Waals surface area (Å²) in [6.45, 7) is 1.98. The molecule has 7 heteroatoms. The second-order valence-electron chi connectivity index (χ2n) is 3.66. The molecule has 0 radical (unpaired) electrons. The van der Waals surface area contributed by atoms with Gasteiger partial charge in [0.15, 0.2) is 5.13 Å². The quantitative estimate of drug-likeness (QED) is 0.780. The SMILES string of the molecule is COc1ncc(-c2csc(C)n2)c2sc(N)nc12. The Balaban J connectivity index is 2.30. The Hall–Kier alpha value is -1.73. The molecule has 0 atom stereocenters. The van der Waals surface area contributed by atoms with Crippen LogP contribution in [0, 0.1) is 6.92 Å². The normalized spacial score (nSPS) is 11.0. The fraction of sp³-hybridized carbons (Fsp3) is 0.182. The molecule has 3 heterocycles. The Morgan fingerprint density at radius 2 is 2.17 bits per heavy atom. The summed E-state index contributed by atoms with van der Waals surface area (Å²) < 4.78 is 6.16. The molecular weight excluding hydrogens is 268 g/mol. The van der Waals surface area contributed by atoms with Crippen molar-refractivity contribution < 1.29 is 4.74 Å². The number of hydrogen-bond donors (Lipinski definition) is 1. The van der Waals surface area contributed by atoms with E-state index >= 15 is 0 Å². The van der Waals surface area contributed by atoms with E-state index < -0.39 is 0 Å². The van der Waals surface area contributed by atoms with Crippen LogP contribution in [-0.4, -0.2) is 22.1 Å². The van der Waals surface area contributed by atoms with Crippen molar-refractivity contribution in [2.24, 2.45) is 0 Å². The first-order chi connectivity index (χ1) is 8.69. The molecule has 0 saturated carbocycles. The summed E-state index contributed by atoms with van der Waals surface area (Å²) in [6, 6.07) is 0. The summed E-state index contributed by atoms with van der Waals surface area (Å²) >= 11 is 3.03. The molecule has 0 aliphatic heterocycles. The lowest BCUT2D eigenvalue weighted by Crippen LogP contribution is -1.90. The van der Waals surface area contributed by atoms with Gasteiger partial charge in [-0.05, 0) is 6.92 Å². The molecule has 5 nitrogen and oxygen atoms in total. The van der Waals surface area contributed by atoms with Crippen molar-refractivity contribution in [2.75, 3.05) is 12.8 Å². The lowest BCUT2D eigenvalue weighted by Gasteiger charge is -2.02. The van der Waals surface area contributed by atoms with Crippen molar-refractivity contribution in [1.29, 1.82) is 0 Å². The van der Waals surface area contributed by atoms with Crippen LogP contribution in [0.1, 0.15) is 5.01 Å². The van der Waals surface area contributed by atoms with Gasteiger partial charge in [-0.15, -0.1) is 11.3 Å². The van der Waals surface area contributed by atoms with E-state index in [2.05, 4.69) is 15.0 Å². The molecule has 0 spiro atoms. The summed E-state index contributed by atoms with van der Waals surface area (Å²) in [7, 11) is 1.57. The number of nitrogens with two attached hydrogens (primary N) is 1. The predicted octanol–water partition coefficient (Wildman–Crippen LogP) is 2.71. The Labute approximate surface area is 111 Å². The zero-order valence-electron chi connectivity index (χ0n) is 9.80. The fourth-order valence-electron chi connectivity index (χ4n) is 1.73. The number of thiazole rings is 2. The average molecular weight is 278 g/mol. The number of nitrogens with zero attached hydrogens (tertiary/aromatic N) is 3. The van der Waals surface area contributed by atoms with Gasteiger partial charge in [0, 0.05) is 17.1 Å². The standard InChI is InChI=1S/C11H10N4OS2/c1-5-14-7(4-17-5)6-3-13-10(16-2)8-9(6)18-11(12)15-8/h3-4H,1-2H3,(H2,12,15). The van der Waals surface area contributed by atoms with Crippen LogP contribution in [0.15, 0.2) is 11.6 Å². The molecule has 0 bridgehead atoms. The van der Waals surface area contributed by atoms with Crippen LogP contribution in [0.3, 0.4) is 0 Å². The van der Waals surface area contributed by atoms with Crippen LogP contribution in [0.4, 0.5) is 5.13 Å². The van der Waals surface area contributed by atoms with Gasteiger partial charge in [-0.2, -0.15) is 0 Å². The number of aryl methyl sites for hydroxylation is 1. The number of aromatic nitrogens is 3. The number of hydrogen-bond acceptors (Lipinski definition) is 7. The highest BCUT2D eigenvalue weighted by Crippen LogP contribution is 2.37. The van der Waals surface area contributed by atoms with E-state index in [0.29, 0.717) is 16.5 Å². The van der Waals surface area contributed by atoms with Crippen molar-refractivity contribution in [2.45, 2.75) is 6.92 Å². The zero-order chi connectivity index (χ0) is 12.7. The lowest BCUT2D eigenvalue weighted by molar-refractivity contribution is 0.402. The van der Waals surface area contributed by atoms with Crippen LogP contribution < -0.4 is 10.5 Å². The molecule has 0 aliphatic carbocycles. The maximum Gasteiger partial charge on any atom is 0.241 e. The molecule has 0 aromatic carbocycles. The minimum atomic E-state index is 0.494. The van der Waals surface area contributed by atoms with Gasteiger partial charge in [0.25, 0.3) is 0 Å². The van der Waals surface area contributed by atoms with E-state index in [1.807, 2.05) is 12.3 Å². The number of methoxy groups -OCH3 is 1. The van der Waals surface area contributed by atoms with Gasteiger partial charge >= 0.3 is 0 Å². The predicted molar refractivity (Wildman–Crippen MR) is 74.2 cm³/mol. The van der Waals surface area contributed by atoms with E-state index in [1.165, 1.54) is 11.3 Å². The summed E-state index contributed by atoms with van der Waals surface area (Å²) in [5.74, 6) is 0.494. The number of pyridine rings is 1. The van der Waals surface area contributed by atoms with Crippen LogP contribution in [-0.2, 0) is 0 Å². The van der Waals surface area contributed by atoms with Crippen LogP contribution in [0.25, 0.3) is 21.5 Å². The molecule has 3 aromatic rings. The first-order valence-corrected chi connectivity index (χ1v) is 6.90. The topological polar surface area (TPSA) is 73.9 Å². The van der Waals surface area contributed by atoms with Crippen molar-refractivity contribution in [3.63, 3.8) is 0 Å². The Morgan fingerprint density at radius 3 is 2.83 bits per heavy atom. The highest BCUT2D eigenvalue weighted by molar-refractivity contribution is 7.22. The molecule has 18 heavy (non-hydrogen) atoms. The molecule has 0 unspecified atom stereocenters. The maximum absolute atomic E-state index is 5.77. The fourth-order valence-corrected chi connectivity index (χ4v) is 3.18. The number of fused-ring (bicyclic) bond motifs is 1. The molecule has 92 valence electrons. The largest absolute Gasteiger partial charge is 0.479 e. The van der Waals surface area contributed by atoms with Gasteiger partial charge in [-0.25, -0.2) is 15.0 Å². The van der Waals surface area contributed by atoms with Crippen molar-refractivity contribution >= 4 is 38.0 Å². The zero-order valence-corrected chi connectivity index (χ0v) is 11.4. The summed E-state index contributed by atoms with van der Waals surface area (Å²) in [6.07, 6.45) is 1.76. The molecule has 0 fully saturated rings. The lowest BCUT2D eigenvalue weighted by atomic mass is 10.2. The second-order valence-corrected chi connectivity index (χ2v) is 5.76. The number of ether oxygens (including phenoxy) is 1. The Bertz CT molecular complexity index is 719. The monoisotopic (exact) mass is 278 g/mol. The molecule has 3 rings (SSSR count). The highest BCUT2D eigenvalue weighted by atomic mass is 32.1. The minimum absolute atomic E-state index is 0.494. The molecule has 0 aliphatic rings. The van der Waals surface area contributed by atoms with Crippen LogP contribution in [0.2, 0.25) is 0 Å². The Morgan fingerprint density at radius 1 is 1.33 bits per heavy atom.